The fourth-order valence-electron chi connectivity index (χ4n) is 2.29. The molecule has 2 heterocycles. The number of ether oxygens (including phenoxy) is 3. The summed E-state index contributed by atoms with van der Waals surface area (Å²) in [4.78, 5) is 11.2. The van der Waals surface area contributed by atoms with E-state index in [1.165, 1.54) is 23.9 Å². The van der Waals surface area contributed by atoms with Crippen LogP contribution in [0.15, 0.2) is 23.1 Å². The van der Waals surface area contributed by atoms with Crippen molar-refractivity contribution in [2.75, 3.05) is 12.4 Å². The van der Waals surface area contributed by atoms with Crippen molar-refractivity contribution in [2.24, 2.45) is 0 Å². The van der Waals surface area contributed by atoms with Crippen LogP contribution in [0.2, 0.25) is 0 Å². The van der Waals surface area contributed by atoms with Gasteiger partial charge in [0.15, 0.2) is 0 Å². The molecule has 7 heteroatoms. The first-order valence-corrected chi connectivity index (χ1v) is 7.37. The molecule has 0 amide bonds. The fraction of sp³-hybridized carbons (Fsp3) is 0.538. The standard InChI is InChI=1S/C13H15NO5S/c1-8-9(2)19-13(18-8)6-17-11-5-10(14(15)16)3-4-12(11)20-7-13/h3-5,8-9H,6-7H2,1-2H3. The van der Waals surface area contributed by atoms with Gasteiger partial charge in [0, 0.05) is 6.07 Å². The second-order valence-corrected chi connectivity index (χ2v) is 6.04. The van der Waals surface area contributed by atoms with E-state index in [1.807, 2.05) is 13.8 Å². The Balaban J connectivity index is 1.83. The Morgan fingerprint density at radius 3 is 2.70 bits per heavy atom. The van der Waals surface area contributed by atoms with Crippen molar-refractivity contribution < 1.29 is 19.1 Å². The molecule has 2 aliphatic heterocycles. The molecule has 1 spiro atoms. The van der Waals surface area contributed by atoms with Gasteiger partial charge in [-0.05, 0) is 19.9 Å². The number of nitro groups is 1. The summed E-state index contributed by atoms with van der Waals surface area (Å²) in [6, 6.07) is 4.64. The molecule has 1 saturated heterocycles. The van der Waals surface area contributed by atoms with Gasteiger partial charge < -0.3 is 14.2 Å². The normalized spacial score (nSPS) is 32.5. The molecule has 2 atom stereocenters. The lowest BCUT2D eigenvalue weighted by Crippen LogP contribution is -2.39. The molecule has 108 valence electrons. The Morgan fingerprint density at radius 2 is 2.05 bits per heavy atom. The van der Waals surface area contributed by atoms with Crippen molar-refractivity contribution in [3.05, 3.63) is 28.3 Å². The highest BCUT2D eigenvalue weighted by Gasteiger charge is 2.46. The average molecular weight is 297 g/mol. The van der Waals surface area contributed by atoms with Crippen LogP contribution in [0.3, 0.4) is 0 Å². The molecule has 0 N–H and O–H groups in total. The molecule has 0 radical (unpaired) electrons. The monoisotopic (exact) mass is 297 g/mol. The minimum Gasteiger partial charge on any atom is -0.486 e. The van der Waals surface area contributed by atoms with Crippen molar-refractivity contribution in [3.63, 3.8) is 0 Å². The molecule has 0 aliphatic carbocycles. The average Bonchev–Trinajstić information content (AvgIpc) is 2.58. The molecule has 0 bridgehead atoms. The van der Waals surface area contributed by atoms with E-state index in [2.05, 4.69) is 0 Å². The van der Waals surface area contributed by atoms with Gasteiger partial charge in [-0.1, -0.05) is 0 Å². The van der Waals surface area contributed by atoms with Crippen LogP contribution >= 0.6 is 11.8 Å². The number of thioether (sulfide) groups is 1. The molecule has 20 heavy (non-hydrogen) atoms. The number of fused-ring (bicyclic) bond motifs is 1. The molecule has 2 unspecified atom stereocenters. The highest BCUT2D eigenvalue weighted by Crippen LogP contribution is 2.41. The molecule has 1 fully saturated rings. The second-order valence-electron chi connectivity index (χ2n) is 5.02. The van der Waals surface area contributed by atoms with Gasteiger partial charge in [-0.3, -0.25) is 10.1 Å². The molecule has 6 nitrogen and oxygen atoms in total. The fourth-order valence-corrected chi connectivity index (χ4v) is 3.31. The zero-order valence-corrected chi connectivity index (χ0v) is 12.0. The maximum Gasteiger partial charge on any atom is 0.273 e. The van der Waals surface area contributed by atoms with Gasteiger partial charge in [0.1, 0.15) is 12.4 Å². The Bertz CT molecular complexity index is 540. The maximum absolute atomic E-state index is 10.8. The third kappa shape index (κ3) is 2.36. The van der Waals surface area contributed by atoms with Crippen molar-refractivity contribution in [3.8, 4) is 5.75 Å². The van der Waals surface area contributed by atoms with E-state index in [-0.39, 0.29) is 24.5 Å². The zero-order valence-electron chi connectivity index (χ0n) is 11.2. The van der Waals surface area contributed by atoms with E-state index >= 15 is 0 Å². The van der Waals surface area contributed by atoms with Gasteiger partial charge in [0.25, 0.3) is 5.69 Å². The minimum atomic E-state index is -0.767. The zero-order chi connectivity index (χ0) is 14.3. The number of rotatable bonds is 1. The van der Waals surface area contributed by atoms with E-state index < -0.39 is 10.7 Å². The molecule has 1 aromatic carbocycles. The summed E-state index contributed by atoms with van der Waals surface area (Å²) in [5.41, 5.74) is 0.0234. The largest absolute Gasteiger partial charge is 0.486 e. The highest BCUT2D eigenvalue weighted by atomic mass is 32.2. The van der Waals surface area contributed by atoms with Gasteiger partial charge in [0.05, 0.1) is 33.8 Å². The molecule has 2 aliphatic rings. The summed E-state index contributed by atoms with van der Waals surface area (Å²) in [6.45, 7) is 4.17. The number of benzene rings is 1. The molecule has 0 saturated carbocycles. The third-order valence-corrected chi connectivity index (χ3v) is 4.73. The maximum atomic E-state index is 10.8. The van der Waals surface area contributed by atoms with Crippen LogP contribution in [0.25, 0.3) is 0 Å². The van der Waals surface area contributed by atoms with Gasteiger partial charge in [-0.25, -0.2) is 0 Å². The summed E-state index contributed by atoms with van der Waals surface area (Å²) in [5, 5.41) is 10.8. The predicted molar refractivity (Wildman–Crippen MR) is 73.1 cm³/mol. The molecular formula is C13H15NO5S. The summed E-state index contributed by atoms with van der Waals surface area (Å²) in [6.07, 6.45) is 0.0181. The molecule has 0 aromatic heterocycles. The first kappa shape index (κ1) is 13.7. The number of nitro benzene ring substituents is 1. The Kier molecular flexibility index (Phi) is 3.35. The minimum absolute atomic E-state index is 0.00903. The van der Waals surface area contributed by atoms with Gasteiger partial charge in [-0.15, -0.1) is 11.8 Å². The number of hydrogen-bond acceptors (Lipinski definition) is 6. The van der Waals surface area contributed by atoms with Crippen LogP contribution in [0.4, 0.5) is 5.69 Å². The number of non-ortho nitro benzene ring substituents is 1. The summed E-state index contributed by atoms with van der Waals surface area (Å²) in [7, 11) is 0. The lowest BCUT2D eigenvalue weighted by Gasteiger charge is -2.24. The Hall–Kier alpha value is -1.31. The second kappa shape index (κ2) is 4.91. The first-order chi connectivity index (χ1) is 9.49. The molecule has 3 rings (SSSR count). The number of nitrogens with zero attached hydrogens (tertiary/aromatic N) is 1. The van der Waals surface area contributed by atoms with Crippen molar-refractivity contribution in [2.45, 2.75) is 36.7 Å². The van der Waals surface area contributed by atoms with Gasteiger partial charge in [-0.2, -0.15) is 0 Å². The van der Waals surface area contributed by atoms with E-state index in [0.29, 0.717) is 11.5 Å². The lowest BCUT2D eigenvalue weighted by molar-refractivity contribution is -0.385. The van der Waals surface area contributed by atoms with Crippen molar-refractivity contribution in [1.29, 1.82) is 0 Å². The van der Waals surface area contributed by atoms with Crippen LogP contribution in [0.1, 0.15) is 13.8 Å². The summed E-state index contributed by atoms with van der Waals surface area (Å²) in [5.74, 6) is 0.351. The van der Waals surface area contributed by atoms with Crippen LogP contribution in [-0.4, -0.2) is 35.3 Å². The molecular weight excluding hydrogens is 282 g/mol. The summed E-state index contributed by atoms with van der Waals surface area (Å²) < 4.78 is 17.5. The van der Waals surface area contributed by atoms with E-state index in [9.17, 15) is 10.1 Å². The van der Waals surface area contributed by atoms with Crippen molar-refractivity contribution in [1.82, 2.24) is 0 Å². The predicted octanol–water partition coefficient (Wildman–Crippen LogP) is 2.60. The van der Waals surface area contributed by atoms with Crippen LogP contribution in [0.5, 0.6) is 5.75 Å². The van der Waals surface area contributed by atoms with E-state index in [0.717, 1.165) is 4.90 Å². The van der Waals surface area contributed by atoms with Crippen LogP contribution in [-0.2, 0) is 9.47 Å². The van der Waals surface area contributed by atoms with Crippen molar-refractivity contribution >= 4 is 17.4 Å². The van der Waals surface area contributed by atoms with Gasteiger partial charge in [0.2, 0.25) is 5.79 Å². The quantitative estimate of drug-likeness (QED) is 0.586. The lowest BCUT2D eigenvalue weighted by atomic mass is 10.3. The van der Waals surface area contributed by atoms with E-state index in [1.54, 1.807) is 6.07 Å². The topological polar surface area (TPSA) is 70.8 Å². The first-order valence-electron chi connectivity index (χ1n) is 6.39. The van der Waals surface area contributed by atoms with Gasteiger partial charge >= 0.3 is 0 Å². The Morgan fingerprint density at radius 1 is 1.35 bits per heavy atom. The van der Waals surface area contributed by atoms with Crippen LogP contribution < -0.4 is 4.74 Å². The Labute approximate surface area is 120 Å². The highest BCUT2D eigenvalue weighted by molar-refractivity contribution is 7.99. The third-order valence-electron chi connectivity index (χ3n) is 3.50. The SMILES string of the molecule is CC1OC2(COc3cc([N+](=O)[O-])ccc3SC2)OC1C. The van der Waals surface area contributed by atoms with E-state index in [4.69, 9.17) is 14.2 Å². The smallest absolute Gasteiger partial charge is 0.273 e. The number of hydrogen-bond donors (Lipinski definition) is 0. The van der Waals surface area contributed by atoms with Crippen LogP contribution in [0, 0.1) is 10.1 Å². The summed E-state index contributed by atoms with van der Waals surface area (Å²) >= 11 is 1.53. The molecule has 1 aromatic rings.